The van der Waals surface area contributed by atoms with Crippen LogP contribution in [0.15, 0.2) is 60.7 Å². The first-order valence-corrected chi connectivity index (χ1v) is 12.6. The number of hydrogen-bond acceptors (Lipinski definition) is 6. The highest BCUT2D eigenvalue weighted by Crippen LogP contribution is 2.46. The van der Waals surface area contributed by atoms with Gasteiger partial charge < -0.3 is 18.9 Å². The van der Waals surface area contributed by atoms with Gasteiger partial charge in [-0.05, 0) is 59.4 Å². The average Bonchev–Trinajstić information content (AvgIpc) is 2.94. The summed E-state index contributed by atoms with van der Waals surface area (Å²) in [5, 5.41) is 0. The van der Waals surface area contributed by atoms with E-state index in [1.807, 2.05) is 6.07 Å². The number of ether oxygens (including phenoxy) is 4. The molecule has 0 radical (unpaired) electrons. The fraction of sp³-hybridized carbons (Fsp3) is 0.400. The van der Waals surface area contributed by atoms with Crippen molar-refractivity contribution in [2.24, 2.45) is 0 Å². The minimum Gasteiger partial charge on any atom is -0.493 e. The Kier molecular flexibility index (Phi) is 7.35. The second kappa shape index (κ2) is 10.8. The molecule has 0 spiro atoms. The van der Waals surface area contributed by atoms with Gasteiger partial charge in [-0.15, -0.1) is 0 Å². The highest BCUT2D eigenvalue weighted by atomic mass is 16.5. The van der Waals surface area contributed by atoms with Gasteiger partial charge in [0.15, 0.2) is 23.0 Å². The van der Waals surface area contributed by atoms with Gasteiger partial charge in [-0.25, -0.2) is 0 Å². The van der Waals surface area contributed by atoms with Gasteiger partial charge >= 0.3 is 0 Å². The van der Waals surface area contributed by atoms with Gasteiger partial charge in [-0.3, -0.25) is 9.80 Å². The molecule has 2 atom stereocenters. The van der Waals surface area contributed by atoms with E-state index in [1.54, 1.807) is 28.4 Å². The van der Waals surface area contributed by atoms with Gasteiger partial charge in [-0.1, -0.05) is 36.4 Å². The number of methoxy groups -OCH3 is 4. The number of nitrogens with zero attached hydrogens (tertiary/aromatic N) is 2. The molecule has 2 heterocycles. The van der Waals surface area contributed by atoms with Crippen LogP contribution in [-0.2, 0) is 12.8 Å². The third kappa shape index (κ3) is 4.75. The topological polar surface area (TPSA) is 43.4 Å². The maximum Gasteiger partial charge on any atom is 0.161 e. The van der Waals surface area contributed by atoms with Crippen LogP contribution in [0.1, 0.15) is 34.2 Å². The van der Waals surface area contributed by atoms with E-state index in [0.29, 0.717) is 12.0 Å². The lowest BCUT2D eigenvalue weighted by Gasteiger charge is -2.49. The molecule has 36 heavy (non-hydrogen) atoms. The standard InChI is InChI=1S/C30H36N2O4/c1-33-26-11-10-21(16-27(26)34-2)12-14-31-19-25(22-8-6-5-7-9-22)30-24-18-29(36-4)28(35-3)17-23(24)13-15-32(30)20-31/h5-11,16-18,25,30H,12-15,19-20H2,1-4H3/t25-,30+/m0/s1. The number of rotatable bonds is 8. The number of benzene rings is 3. The quantitative estimate of drug-likeness (QED) is 0.449. The summed E-state index contributed by atoms with van der Waals surface area (Å²) in [6, 6.07) is 21.9. The Balaban J connectivity index is 1.42. The van der Waals surface area contributed by atoms with Crippen LogP contribution in [0.4, 0.5) is 0 Å². The Labute approximate surface area is 214 Å². The number of fused-ring (bicyclic) bond motifs is 3. The van der Waals surface area contributed by atoms with Crippen molar-refractivity contribution >= 4 is 0 Å². The SMILES string of the molecule is COc1ccc(CCN2C[C@@H](c3ccccc3)[C@H]3c4cc(OC)c(OC)cc4CCN3C2)cc1OC. The highest BCUT2D eigenvalue weighted by Gasteiger charge is 2.40. The zero-order chi connectivity index (χ0) is 25.1. The molecule has 0 unspecified atom stereocenters. The smallest absolute Gasteiger partial charge is 0.161 e. The van der Waals surface area contributed by atoms with Gasteiger partial charge in [0.05, 0.1) is 35.1 Å². The Hall–Kier alpha value is -3.22. The Bertz CT molecular complexity index is 1180. The average molecular weight is 489 g/mol. The molecule has 2 aliphatic heterocycles. The van der Waals surface area contributed by atoms with E-state index in [4.69, 9.17) is 18.9 Å². The molecular formula is C30H36N2O4. The molecule has 6 heteroatoms. The number of hydrogen-bond donors (Lipinski definition) is 0. The lowest BCUT2D eigenvalue weighted by molar-refractivity contribution is 0.0158. The van der Waals surface area contributed by atoms with Gasteiger partial charge in [0.25, 0.3) is 0 Å². The summed E-state index contributed by atoms with van der Waals surface area (Å²) in [7, 11) is 6.79. The van der Waals surface area contributed by atoms with E-state index in [0.717, 1.165) is 62.1 Å². The first-order valence-electron chi connectivity index (χ1n) is 12.6. The van der Waals surface area contributed by atoms with E-state index < -0.39 is 0 Å². The van der Waals surface area contributed by atoms with Gasteiger partial charge in [0.1, 0.15) is 0 Å². The molecule has 5 rings (SSSR count). The van der Waals surface area contributed by atoms with Crippen LogP contribution < -0.4 is 18.9 Å². The summed E-state index contributed by atoms with van der Waals surface area (Å²) in [6.07, 6.45) is 1.97. The lowest BCUT2D eigenvalue weighted by atomic mass is 9.79. The third-order valence-electron chi connectivity index (χ3n) is 7.64. The van der Waals surface area contributed by atoms with Crippen molar-refractivity contribution in [2.45, 2.75) is 24.8 Å². The predicted octanol–water partition coefficient (Wildman–Crippen LogP) is 4.92. The summed E-state index contributed by atoms with van der Waals surface area (Å²) in [6.45, 7) is 3.98. The summed E-state index contributed by atoms with van der Waals surface area (Å²) in [5.41, 5.74) is 5.37. The van der Waals surface area contributed by atoms with Crippen LogP contribution in [-0.4, -0.2) is 64.5 Å². The molecule has 2 aliphatic rings. The van der Waals surface area contributed by atoms with E-state index in [1.165, 1.54) is 22.3 Å². The maximum atomic E-state index is 5.69. The molecule has 3 aromatic carbocycles. The molecule has 1 saturated heterocycles. The van der Waals surface area contributed by atoms with Crippen LogP contribution in [0.3, 0.4) is 0 Å². The first-order chi connectivity index (χ1) is 17.6. The molecule has 0 saturated carbocycles. The predicted molar refractivity (Wildman–Crippen MR) is 142 cm³/mol. The van der Waals surface area contributed by atoms with Gasteiger partial charge in [0.2, 0.25) is 0 Å². The summed E-state index contributed by atoms with van der Waals surface area (Å²) in [4.78, 5) is 5.24. The van der Waals surface area contributed by atoms with E-state index in [-0.39, 0.29) is 0 Å². The molecule has 190 valence electrons. The van der Waals surface area contributed by atoms with E-state index >= 15 is 0 Å². The molecule has 6 nitrogen and oxygen atoms in total. The van der Waals surface area contributed by atoms with Gasteiger partial charge in [-0.2, -0.15) is 0 Å². The molecular weight excluding hydrogens is 452 g/mol. The summed E-state index contributed by atoms with van der Waals surface area (Å²) < 4.78 is 22.2. The van der Waals surface area contributed by atoms with E-state index in [9.17, 15) is 0 Å². The molecule has 3 aromatic rings. The molecule has 0 aromatic heterocycles. The zero-order valence-corrected chi connectivity index (χ0v) is 21.7. The van der Waals surface area contributed by atoms with Crippen molar-refractivity contribution < 1.29 is 18.9 Å². The van der Waals surface area contributed by atoms with Gasteiger partial charge in [0, 0.05) is 31.6 Å². The summed E-state index contributed by atoms with van der Waals surface area (Å²) >= 11 is 0. The lowest BCUT2D eigenvalue weighted by Crippen LogP contribution is -2.53. The van der Waals surface area contributed by atoms with E-state index in [2.05, 4.69) is 64.4 Å². The van der Waals surface area contributed by atoms with Crippen molar-refractivity contribution in [1.29, 1.82) is 0 Å². The monoisotopic (exact) mass is 488 g/mol. The Morgan fingerprint density at radius 2 is 1.47 bits per heavy atom. The first kappa shape index (κ1) is 24.5. The largest absolute Gasteiger partial charge is 0.493 e. The second-order valence-corrected chi connectivity index (χ2v) is 9.59. The molecule has 0 bridgehead atoms. The van der Waals surface area contributed by atoms with Crippen LogP contribution in [0, 0.1) is 0 Å². The molecule has 1 fully saturated rings. The Morgan fingerprint density at radius 1 is 0.778 bits per heavy atom. The fourth-order valence-corrected chi connectivity index (χ4v) is 5.82. The van der Waals surface area contributed by atoms with Crippen LogP contribution in [0.25, 0.3) is 0 Å². The van der Waals surface area contributed by atoms with Crippen molar-refractivity contribution in [3.8, 4) is 23.0 Å². The van der Waals surface area contributed by atoms with Crippen molar-refractivity contribution in [2.75, 3.05) is 54.7 Å². The second-order valence-electron chi connectivity index (χ2n) is 9.59. The molecule has 0 aliphatic carbocycles. The normalized spacial score (nSPS) is 19.8. The van der Waals surface area contributed by atoms with Crippen molar-refractivity contribution in [3.05, 3.63) is 82.9 Å². The molecule has 0 amide bonds. The zero-order valence-electron chi connectivity index (χ0n) is 21.7. The maximum absolute atomic E-state index is 5.69. The summed E-state index contributed by atoms with van der Waals surface area (Å²) in [5.74, 6) is 3.54. The van der Waals surface area contributed by atoms with Crippen LogP contribution in [0.5, 0.6) is 23.0 Å². The van der Waals surface area contributed by atoms with Crippen molar-refractivity contribution in [3.63, 3.8) is 0 Å². The molecule has 0 N–H and O–H groups in total. The fourth-order valence-electron chi connectivity index (χ4n) is 5.82. The Morgan fingerprint density at radius 3 is 2.19 bits per heavy atom. The highest BCUT2D eigenvalue weighted by molar-refractivity contribution is 5.50. The third-order valence-corrected chi connectivity index (χ3v) is 7.64. The minimum absolute atomic E-state index is 0.313. The minimum atomic E-state index is 0.313. The van der Waals surface area contributed by atoms with Crippen molar-refractivity contribution in [1.82, 2.24) is 9.80 Å². The van der Waals surface area contributed by atoms with Crippen LogP contribution in [0.2, 0.25) is 0 Å². The van der Waals surface area contributed by atoms with Crippen LogP contribution >= 0.6 is 0 Å².